The SMILES string of the molecule is CC1=C(c2nc(-c3ccc4c(c3)OCO4)no2)C(c2ccc(C)cc2)NC(=S)N1Cc1ccco1. The van der Waals surface area contributed by atoms with Crippen molar-refractivity contribution in [3.8, 4) is 22.9 Å². The first-order chi connectivity index (χ1) is 17.1. The molecular weight excluding hydrogens is 464 g/mol. The van der Waals surface area contributed by atoms with Gasteiger partial charge in [-0.25, -0.2) is 0 Å². The first-order valence-corrected chi connectivity index (χ1v) is 11.6. The van der Waals surface area contributed by atoms with Crippen LogP contribution < -0.4 is 14.8 Å². The monoisotopic (exact) mass is 486 g/mol. The van der Waals surface area contributed by atoms with Gasteiger partial charge in [0.1, 0.15) is 5.76 Å². The van der Waals surface area contributed by atoms with Crippen LogP contribution in [0, 0.1) is 6.92 Å². The summed E-state index contributed by atoms with van der Waals surface area (Å²) in [6.45, 7) is 4.76. The summed E-state index contributed by atoms with van der Waals surface area (Å²) in [5.41, 5.74) is 4.77. The summed E-state index contributed by atoms with van der Waals surface area (Å²) < 4.78 is 22.3. The summed E-state index contributed by atoms with van der Waals surface area (Å²) in [5.74, 6) is 3.05. The summed E-state index contributed by atoms with van der Waals surface area (Å²) in [4.78, 5) is 6.75. The molecule has 1 N–H and O–H groups in total. The maximum absolute atomic E-state index is 5.82. The van der Waals surface area contributed by atoms with Crippen LogP contribution in [0.15, 0.2) is 75.5 Å². The van der Waals surface area contributed by atoms with E-state index in [0.717, 1.165) is 28.2 Å². The molecule has 176 valence electrons. The molecule has 2 aliphatic rings. The zero-order chi connectivity index (χ0) is 23.9. The van der Waals surface area contributed by atoms with E-state index in [1.807, 2.05) is 42.2 Å². The second kappa shape index (κ2) is 8.59. The first-order valence-electron chi connectivity index (χ1n) is 11.2. The van der Waals surface area contributed by atoms with E-state index >= 15 is 0 Å². The van der Waals surface area contributed by atoms with Crippen molar-refractivity contribution in [3.63, 3.8) is 0 Å². The third-order valence-electron chi connectivity index (χ3n) is 6.19. The van der Waals surface area contributed by atoms with E-state index in [2.05, 4.69) is 41.7 Å². The molecule has 1 atom stereocenters. The molecule has 0 spiro atoms. The van der Waals surface area contributed by atoms with Crippen molar-refractivity contribution < 1.29 is 18.4 Å². The van der Waals surface area contributed by atoms with Crippen LogP contribution in [0.3, 0.4) is 0 Å². The van der Waals surface area contributed by atoms with E-state index in [0.29, 0.717) is 34.9 Å². The fraction of sp³-hybridized carbons (Fsp3) is 0.192. The van der Waals surface area contributed by atoms with Crippen molar-refractivity contribution in [2.75, 3.05) is 6.79 Å². The van der Waals surface area contributed by atoms with Crippen LogP contribution in [-0.2, 0) is 6.54 Å². The zero-order valence-electron chi connectivity index (χ0n) is 19.1. The number of benzene rings is 2. The van der Waals surface area contributed by atoms with E-state index in [1.165, 1.54) is 5.56 Å². The van der Waals surface area contributed by atoms with Gasteiger partial charge in [-0.05, 0) is 62.0 Å². The summed E-state index contributed by atoms with van der Waals surface area (Å²) >= 11 is 5.76. The lowest BCUT2D eigenvalue weighted by molar-refractivity contribution is 0.174. The highest BCUT2D eigenvalue weighted by Gasteiger charge is 2.34. The van der Waals surface area contributed by atoms with Crippen LogP contribution in [0.1, 0.15) is 35.7 Å². The maximum atomic E-state index is 5.82. The minimum absolute atomic E-state index is 0.206. The highest BCUT2D eigenvalue weighted by molar-refractivity contribution is 7.80. The van der Waals surface area contributed by atoms with Crippen LogP contribution in [0.25, 0.3) is 17.0 Å². The Labute approximate surface area is 207 Å². The number of furan rings is 1. The molecule has 2 aromatic heterocycles. The molecule has 35 heavy (non-hydrogen) atoms. The highest BCUT2D eigenvalue weighted by Crippen LogP contribution is 2.39. The Morgan fingerprint density at radius 3 is 2.69 bits per heavy atom. The molecule has 0 saturated carbocycles. The van der Waals surface area contributed by atoms with Gasteiger partial charge in [0.15, 0.2) is 16.6 Å². The van der Waals surface area contributed by atoms with Crippen molar-refractivity contribution in [2.24, 2.45) is 0 Å². The lowest BCUT2D eigenvalue weighted by Gasteiger charge is -2.37. The van der Waals surface area contributed by atoms with Gasteiger partial charge in [-0.15, -0.1) is 0 Å². The standard InChI is InChI=1S/C26H22N4O4S/c1-15-5-7-17(8-6-15)23-22(16(2)30(26(35)27-23)13-19-4-3-11-31-19)25-28-24(29-34-25)18-9-10-20-21(12-18)33-14-32-20/h3-12,23H,13-14H2,1-2H3,(H,27,35). The summed E-state index contributed by atoms with van der Waals surface area (Å²) in [7, 11) is 0. The Balaban J connectivity index is 1.43. The third kappa shape index (κ3) is 3.93. The number of rotatable bonds is 5. The number of thiocarbonyl (C=S) groups is 1. The molecular formula is C26H22N4O4S. The zero-order valence-corrected chi connectivity index (χ0v) is 20.0. The lowest BCUT2D eigenvalue weighted by Crippen LogP contribution is -2.45. The normalized spacial score (nSPS) is 17.1. The highest BCUT2D eigenvalue weighted by atomic mass is 32.1. The average Bonchev–Trinajstić information content (AvgIpc) is 3.63. The minimum Gasteiger partial charge on any atom is -0.467 e. The number of hydrogen-bond acceptors (Lipinski definition) is 7. The van der Waals surface area contributed by atoms with Crippen LogP contribution in [0.4, 0.5) is 0 Å². The number of nitrogens with zero attached hydrogens (tertiary/aromatic N) is 3. The van der Waals surface area contributed by atoms with Gasteiger partial charge in [0, 0.05) is 11.3 Å². The molecule has 9 heteroatoms. The Bertz CT molecular complexity index is 1430. The van der Waals surface area contributed by atoms with Gasteiger partial charge in [-0.2, -0.15) is 4.98 Å². The number of allylic oxidation sites excluding steroid dienone is 1. The van der Waals surface area contributed by atoms with Crippen LogP contribution >= 0.6 is 12.2 Å². The van der Waals surface area contributed by atoms with E-state index < -0.39 is 0 Å². The molecule has 0 amide bonds. The van der Waals surface area contributed by atoms with E-state index in [4.69, 9.17) is 35.6 Å². The fourth-order valence-electron chi connectivity index (χ4n) is 4.30. The Morgan fingerprint density at radius 2 is 1.89 bits per heavy atom. The molecule has 0 radical (unpaired) electrons. The van der Waals surface area contributed by atoms with Gasteiger partial charge in [0.05, 0.1) is 24.4 Å². The van der Waals surface area contributed by atoms with Crippen molar-refractivity contribution >= 4 is 22.9 Å². The predicted octanol–water partition coefficient (Wildman–Crippen LogP) is 5.23. The molecule has 0 saturated heterocycles. The number of ether oxygens (including phenoxy) is 2. The molecule has 8 nitrogen and oxygen atoms in total. The summed E-state index contributed by atoms with van der Waals surface area (Å²) in [6.07, 6.45) is 1.65. The van der Waals surface area contributed by atoms with Crippen LogP contribution in [0.5, 0.6) is 11.5 Å². The van der Waals surface area contributed by atoms with Crippen LogP contribution in [0.2, 0.25) is 0 Å². The first kappa shape index (κ1) is 21.4. The molecule has 0 aliphatic carbocycles. The van der Waals surface area contributed by atoms with Gasteiger partial charge in [0.25, 0.3) is 5.89 Å². The largest absolute Gasteiger partial charge is 0.467 e. The van der Waals surface area contributed by atoms with Gasteiger partial charge < -0.3 is 28.6 Å². The number of nitrogens with one attached hydrogen (secondary N) is 1. The Hall–Kier alpha value is -4.11. The van der Waals surface area contributed by atoms with Crippen molar-refractivity contribution in [1.29, 1.82) is 0 Å². The fourth-order valence-corrected chi connectivity index (χ4v) is 4.62. The van der Waals surface area contributed by atoms with Gasteiger partial charge in [-0.3, -0.25) is 0 Å². The van der Waals surface area contributed by atoms with Gasteiger partial charge in [0.2, 0.25) is 12.6 Å². The minimum atomic E-state index is -0.249. The smallest absolute Gasteiger partial charge is 0.258 e. The molecule has 4 heterocycles. The lowest BCUT2D eigenvalue weighted by atomic mass is 9.94. The van der Waals surface area contributed by atoms with E-state index in [-0.39, 0.29) is 12.8 Å². The number of aryl methyl sites for hydroxylation is 1. The van der Waals surface area contributed by atoms with Crippen molar-refractivity contribution in [3.05, 3.63) is 89.3 Å². The van der Waals surface area contributed by atoms with Crippen LogP contribution in [-0.4, -0.2) is 26.9 Å². The predicted molar refractivity (Wildman–Crippen MR) is 132 cm³/mol. The van der Waals surface area contributed by atoms with Gasteiger partial charge in [-0.1, -0.05) is 35.0 Å². The number of aromatic nitrogens is 2. The summed E-state index contributed by atoms with van der Waals surface area (Å²) in [5, 5.41) is 8.34. The molecule has 6 rings (SSSR count). The number of fused-ring (bicyclic) bond motifs is 1. The third-order valence-corrected chi connectivity index (χ3v) is 6.53. The van der Waals surface area contributed by atoms with E-state index in [1.54, 1.807) is 6.26 Å². The van der Waals surface area contributed by atoms with Crippen molar-refractivity contribution in [2.45, 2.75) is 26.4 Å². The molecule has 1 unspecified atom stereocenters. The molecule has 0 fully saturated rings. The van der Waals surface area contributed by atoms with Crippen molar-refractivity contribution in [1.82, 2.24) is 20.4 Å². The van der Waals surface area contributed by atoms with E-state index in [9.17, 15) is 0 Å². The molecule has 0 bridgehead atoms. The average molecular weight is 487 g/mol. The second-order valence-electron chi connectivity index (χ2n) is 8.45. The maximum Gasteiger partial charge on any atom is 0.258 e. The Morgan fingerprint density at radius 1 is 1.06 bits per heavy atom. The Kier molecular flexibility index (Phi) is 5.26. The number of hydrogen-bond donors (Lipinski definition) is 1. The second-order valence-corrected chi connectivity index (χ2v) is 8.84. The quantitative estimate of drug-likeness (QED) is 0.381. The molecule has 2 aromatic carbocycles. The summed E-state index contributed by atoms with van der Waals surface area (Å²) in [6, 6.07) is 17.4. The van der Waals surface area contributed by atoms with Gasteiger partial charge >= 0.3 is 0 Å². The molecule has 4 aromatic rings. The topological polar surface area (TPSA) is 85.8 Å². The molecule has 2 aliphatic heterocycles.